The number of aryl methyl sites for hydroxylation is 1. The van der Waals surface area contributed by atoms with E-state index in [2.05, 4.69) is 14.9 Å². The molecule has 108 valence electrons. The third kappa shape index (κ3) is 2.69. The van der Waals surface area contributed by atoms with E-state index in [0.29, 0.717) is 17.1 Å². The Hall–Kier alpha value is -2.22. The fraction of sp³-hybridized carbons (Fsp3) is 0.250. The van der Waals surface area contributed by atoms with Crippen molar-refractivity contribution in [1.82, 2.24) is 10.2 Å². The third-order valence-corrected chi connectivity index (χ3v) is 4.11. The highest BCUT2D eigenvalue weighted by atomic mass is 32.2. The number of rotatable bonds is 5. The van der Waals surface area contributed by atoms with E-state index < -0.39 is 10.0 Å². The van der Waals surface area contributed by atoms with Crippen LogP contribution in [0.25, 0.3) is 0 Å². The molecule has 0 aliphatic carbocycles. The Labute approximate surface area is 117 Å². The number of sulfonamides is 1. The number of aromatic nitrogens is 2. The number of methoxy groups -OCH3 is 2. The maximum absolute atomic E-state index is 12.4. The third-order valence-electron chi connectivity index (χ3n) is 2.73. The first-order chi connectivity index (χ1) is 9.47. The van der Waals surface area contributed by atoms with Crippen molar-refractivity contribution in [3.63, 3.8) is 0 Å². The Bertz CT molecular complexity index is 709. The Morgan fingerprint density at radius 1 is 1.25 bits per heavy atom. The van der Waals surface area contributed by atoms with Crippen molar-refractivity contribution in [2.45, 2.75) is 11.8 Å². The van der Waals surface area contributed by atoms with Crippen LogP contribution in [0.3, 0.4) is 0 Å². The lowest BCUT2D eigenvalue weighted by Crippen LogP contribution is -2.15. The summed E-state index contributed by atoms with van der Waals surface area (Å²) in [6.07, 6.45) is 1.53. The SMILES string of the molecule is COc1ccc(S(=O)(=O)Nc2[nH]ncc2C)c(OC)c1. The highest BCUT2D eigenvalue weighted by molar-refractivity contribution is 7.92. The second-order valence-electron chi connectivity index (χ2n) is 4.05. The van der Waals surface area contributed by atoms with Crippen LogP contribution in [0.1, 0.15) is 5.56 Å². The van der Waals surface area contributed by atoms with E-state index in [1.165, 1.54) is 32.5 Å². The molecule has 1 heterocycles. The molecule has 0 fully saturated rings. The van der Waals surface area contributed by atoms with E-state index in [1.807, 2.05) is 0 Å². The van der Waals surface area contributed by atoms with E-state index in [0.717, 1.165) is 0 Å². The highest BCUT2D eigenvalue weighted by Gasteiger charge is 2.21. The fourth-order valence-corrected chi connectivity index (χ4v) is 2.88. The molecular formula is C12H15N3O4S. The zero-order valence-electron chi connectivity index (χ0n) is 11.3. The fourth-order valence-electron chi connectivity index (χ4n) is 1.64. The van der Waals surface area contributed by atoms with Crippen LogP contribution in [-0.2, 0) is 10.0 Å². The van der Waals surface area contributed by atoms with Crippen LogP contribution in [0.4, 0.5) is 5.82 Å². The Balaban J connectivity index is 2.41. The number of aromatic amines is 1. The van der Waals surface area contributed by atoms with Gasteiger partial charge in [0.1, 0.15) is 22.2 Å². The molecule has 0 amide bonds. The molecule has 20 heavy (non-hydrogen) atoms. The van der Waals surface area contributed by atoms with Gasteiger partial charge in [0.2, 0.25) is 0 Å². The predicted molar refractivity (Wildman–Crippen MR) is 73.7 cm³/mol. The molecule has 0 radical (unpaired) electrons. The van der Waals surface area contributed by atoms with Gasteiger partial charge in [-0.05, 0) is 19.1 Å². The van der Waals surface area contributed by atoms with Crippen LogP contribution in [0, 0.1) is 6.92 Å². The zero-order valence-corrected chi connectivity index (χ0v) is 12.1. The van der Waals surface area contributed by atoms with Crippen molar-refractivity contribution >= 4 is 15.8 Å². The lowest BCUT2D eigenvalue weighted by atomic mass is 10.3. The average Bonchev–Trinajstić information content (AvgIpc) is 2.82. The highest BCUT2D eigenvalue weighted by Crippen LogP contribution is 2.29. The van der Waals surface area contributed by atoms with Crippen LogP contribution < -0.4 is 14.2 Å². The molecule has 2 aromatic rings. The Kier molecular flexibility index (Phi) is 3.84. The quantitative estimate of drug-likeness (QED) is 0.873. The lowest BCUT2D eigenvalue weighted by molar-refractivity contribution is 0.386. The van der Waals surface area contributed by atoms with Crippen LogP contribution in [0.15, 0.2) is 29.3 Å². The first-order valence-corrected chi connectivity index (χ1v) is 7.21. The van der Waals surface area contributed by atoms with Gasteiger partial charge in [-0.1, -0.05) is 0 Å². The van der Waals surface area contributed by atoms with E-state index in [4.69, 9.17) is 9.47 Å². The summed E-state index contributed by atoms with van der Waals surface area (Å²) in [5.41, 5.74) is 0.695. The smallest absolute Gasteiger partial charge is 0.266 e. The van der Waals surface area contributed by atoms with Gasteiger partial charge in [0, 0.05) is 11.6 Å². The summed E-state index contributed by atoms with van der Waals surface area (Å²) < 4.78 is 37.3. The van der Waals surface area contributed by atoms with Gasteiger partial charge in [-0.25, -0.2) is 8.42 Å². The minimum Gasteiger partial charge on any atom is -0.497 e. The molecule has 0 spiro atoms. The number of nitrogens with zero attached hydrogens (tertiary/aromatic N) is 1. The molecule has 0 unspecified atom stereocenters. The second-order valence-corrected chi connectivity index (χ2v) is 5.70. The average molecular weight is 297 g/mol. The molecule has 0 aliphatic rings. The molecule has 0 aliphatic heterocycles. The van der Waals surface area contributed by atoms with Gasteiger partial charge in [-0.3, -0.25) is 9.82 Å². The van der Waals surface area contributed by atoms with Crippen molar-refractivity contribution in [3.8, 4) is 11.5 Å². The van der Waals surface area contributed by atoms with Gasteiger partial charge < -0.3 is 9.47 Å². The predicted octanol–water partition coefficient (Wildman–Crippen LogP) is 1.54. The first kappa shape index (κ1) is 14.2. The summed E-state index contributed by atoms with van der Waals surface area (Å²) in [6, 6.07) is 4.48. The van der Waals surface area contributed by atoms with E-state index in [9.17, 15) is 8.42 Å². The molecule has 1 aromatic carbocycles. The normalized spacial score (nSPS) is 11.2. The Morgan fingerprint density at radius 3 is 2.55 bits per heavy atom. The van der Waals surface area contributed by atoms with Crippen molar-refractivity contribution in [1.29, 1.82) is 0 Å². The van der Waals surface area contributed by atoms with E-state index in [1.54, 1.807) is 13.0 Å². The maximum atomic E-state index is 12.4. The van der Waals surface area contributed by atoms with Crippen molar-refractivity contribution < 1.29 is 17.9 Å². The van der Waals surface area contributed by atoms with Gasteiger partial charge >= 0.3 is 0 Å². The molecule has 2 N–H and O–H groups in total. The number of hydrogen-bond acceptors (Lipinski definition) is 5. The maximum Gasteiger partial charge on any atom is 0.266 e. The van der Waals surface area contributed by atoms with Crippen LogP contribution in [0.2, 0.25) is 0 Å². The number of H-pyrrole nitrogens is 1. The molecule has 2 rings (SSSR count). The standard InChI is InChI=1S/C12H15N3O4S/c1-8-7-13-14-12(8)15-20(16,17)11-5-4-9(18-2)6-10(11)19-3/h4-7H,1-3H3,(H2,13,14,15). The Morgan fingerprint density at radius 2 is 2.00 bits per heavy atom. The molecule has 7 nitrogen and oxygen atoms in total. The number of benzene rings is 1. The van der Waals surface area contributed by atoms with Gasteiger partial charge in [0.15, 0.2) is 0 Å². The van der Waals surface area contributed by atoms with E-state index >= 15 is 0 Å². The summed E-state index contributed by atoms with van der Waals surface area (Å²) >= 11 is 0. The van der Waals surface area contributed by atoms with Gasteiger partial charge in [-0.2, -0.15) is 5.10 Å². The largest absolute Gasteiger partial charge is 0.497 e. The number of hydrogen-bond donors (Lipinski definition) is 2. The van der Waals surface area contributed by atoms with Crippen LogP contribution >= 0.6 is 0 Å². The molecular weight excluding hydrogens is 282 g/mol. The minimum absolute atomic E-state index is 0.0230. The summed E-state index contributed by atoms with van der Waals surface area (Å²) in [6.45, 7) is 1.74. The van der Waals surface area contributed by atoms with Crippen molar-refractivity contribution in [2.75, 3.05) is 18.9 Å². The summed E-state index contributed by atoms with van der Waals surface area (Å²) in [7, 11) is -0.882. The number of anilines is 1. The second kappa shape index (κ2) is 5.41. The monoisotopic (exact) mass is 297 g/mol. The van der Waals surface area contributed by atoms with Gasteiger partial charge in [0.25, 0.3) is 10.0 Å². The van der Waals surface area contributed by atoms with Crippen LogP contribution in [-0.4, -0.2) is 32.8 Å². The van der Waals surface area contributed by atoms with Gasteiger partial charge in [-0.15, -0.1) is 0 Å². The molecule has 0 saturated carbocycles. The number of ether oxygens (including phenoxy) is 2. The topological polar surface area (TPSA) is 93.3 Å². The van der Waals surface area contributed by atoms with Crippen molar-refractivity contribution in [2.24, 2.45) is 0 Å². The van der Waals surface area contributed by atoms with Gasteiger partial charge in [0.05, 0.1) is 20.4 Å². The molecule has 1 aromatic heterocycles. The molecule has 0 atom stereocenters. The lowest BCUT2D eigenvalue weighted by Gasteiger charge is -2.12. The molecule has 0 bridgehead atoms. The molecule has 8 heteroatoms. The van der Waals surface area contributed by atoms with E-state index in [-0.39, 0.29) is 10.6 Å². The minimum atomic E-state index is -3.78. The summed E-state index contributed by atoms with van der Waals surface area (Å²) in [4.78, 5) is 0.0230. The van der Waals surface area contributed by atoms with Crippen LogP contribution in [0.5, 0.6) is 11.5 Å². The zero-order chi connectivity index (χ0) is 14.8. The number of nitrogens with one attached hydrogen (secondary N) is 2. The molecule has 0 saturated heterocycles. The summed E-state index contributed by atoms with van der Waals surface area (Å²) in [5.74, 6) is 1.04. The summed E-state index contributed by atoms with van der Waals surface area (Å²) in [5, 5.41) is 6.35. The first-order valence-electron chi connectivity index (χ1n) is 5.72. The van der Waals surface area contributed by atoms with Crippen molar-refractivity contribution in [3.05, 3.63) is 30.0 Å².